The van der Waals surface area contributed by atoms with Gasteiger partial charge in [-0.05, 0) is 37.5 Å². The first kappa shape index (κ1) is 16.4. The Bertz CT molecular complexity index is 356. The fourth-order valence-electron chi connectivity index (χ4n) is 2.22. The van der Waals surface area contributed by atoms with Crippen LogP contribution in [0.1, 0.15) is 57.8 Å². The summed E-state index contributed by atoms with van der Waals surface area (Å²) < 4.78 is 0. The first-order valence-electron chi connectivity index (χ1n) is 7.27. The molecule has 0 atom stereocenters. The molecule has 0 aromatic carbocycles. The van der Waals surface area contributed by atoms with Gasteiger partial charge >= 0.3 is 0 Å². The number of alkyl halides is 1. The van der Waals surface area contributed by atoms with E-state index >= 15 is 0 Å². The molecule has 2 nitrogen and oxygen atoms in total. The maximum atomic E-state index is 11.5. The third kappa shape index (κ3) is 7.46. The Hall–Kier alpha value is -0.700. The number of rotatable bonds is 10. The number of carbonyl (C=O) groups is 2. The molecule has 0 N–H and O–H groups in total. The first-order valence-corrected chi connectivity index (χ1v) is 8.39. The highest BCUT2D eigenvalue weighted by molar-refractivity contribution is 9.09. The number of allylic oxidation sites excluding steroid dienone is 4. The maximum absolute atomic E-state index is 11.5. The molecule has 0 heterocycles. The molecule has 0 saturated carbocycles. The van der Waals surface area contributed by atoms with Crippen LogP contribution >= 0.6 is 15.9 Å². The summed E-state index contributed by atoms with van der Waals surface area (Å²) in [5.41, 5.74) is 0.685. The zero-order valence-electron chi connectivity index (χ0n) is 11.5. The van der Waals surface area contributed by atoms with E-state index in [0.717, 1.165) is 24.6 Å². The number of hydrogen-bond acceptors (Lipinski definition) is 2. The molecule has 0 radical (unpaired) electrons. The summed E-state index contributed by atoms with van der Waals surface area (Å²) in [5.74, 6) is -0.0456. The van der Waals surface area contributed by atoms with Crippen molar-refractivity contribution in [2.45, 2.75) is 57.8 Å². The molecule has 0 aliphatic heterocycles. The quantitative estimate of drug-likeness (QED) is 0.336. The number of hydrogen-bond donors (Lipinski definition) is 0. The molecule has 0 saturated heterocycles. The summed E-state index contributed by atoms with van der Waals surface area (Å²) in [4.78, 5) is 22.7. The van der Waals surface area contributed by atoms with E-state index in [1.165, 1.54) is 56.8 Å². The molecule has 19 heavy (non-hydrogen) atoms. The molecule has 1 aliphatic rings. The van der Waals surface area contributed by atoms with Gasteiger partial charge in [-0.25, -0.2) is 0 Å². The second-order valence-electron chi connectivity index (χ2n) is 5.04. The summed E-state index contributed by atoms with van der Waals surface area (Å²) in [6.45, 7) is 0. The molecule has 0 spiro atoms. The van der Waals surface area contributed by atoms with Crippen LogP contribution in [0.3, 0.4) is 0 Å². The minimum atomic E-state index is -0.0543. The van der Waals surface area contributed by atoms with E-state index in [-0.39, 0.29) is 11.6 Å². The third-order valence-electron chi connectivity index (χ3n) is 3.36. The van der Waals surface area contributed by atoms with Crippen molar-refractivity contribution in [3.63, 3.8) is 0 Å². The van der Waals surface area contributed by atoms with Crippen molar-refractivity contribution in [2.75, 3.05) is 5.33 Å². The Labute approximate surface area is 124 Å². The second-order valence-corrected chi connectivity index (χ2v) is 5.83. The molecule has 0 fully saturated rings. The van der Waals surface area contributed by atoms with E-state index in [1.807, 2.05) is 0 Å². The topological polar surface area (TPSA) is 34.1 Å². The van der Waals surface area contributed by atoms with Gasteiger partial charge in [-0.1, -0.05) is 54.5 Å². The molecule has 106 valence electrons. The zero-order chi connectivity index (χ0) is 13.9. The Morgan fingerprint density at radius 3 is 2.00 bits per heavy atom. The van der Waals surface area contributed by atoms with E-state index in [0.29, 0.717) is 5.57 Å². The van der Waals surface area contributed by atoms with Crippen LogP contribution in [0.15, 0.2) is 23.8 Å². The maximum Gasteiger partial charge on any atom is 0.182 e. The highest BCUT2D eigenvalue weighted by atomic mass is 79.9. The molecule has 0 aromatic heterocycles. The molecule has 1 rings (SSSR count). The van der Waals surface area contributed by atoms with Crippen molar-refractivity contribution in [3.05, 3.63) is 23.8 Å². The predicted molar refractivity (Wildman–Crippen MR) is 82.6 cm³/mol. The van der Waals surface area contributed by atoms with Crippen molar-refractivity contribution < 1.29 is 9.59 Å². The average molecular weight is 327 g/mol. The number of ketones is 2. The van der Waals surface area contributed by atoms with Gasteiger partial charge in [-0.15, -0.1) is 0 Å². The van der Waals surface area contributed by atoms with Gasteiger partial charge in [0.1, 0.15) is 0 Å². The second kappa shape index (κ2) is 10.1. The number of halogens is 1. The van der Waals surface area contributed by atoms with Crippen LogP contribution < -0.4 is 0 Å². The van der Waals surface area contributed by atoms with Crippen molar-refractivity contribution >= 4 is 27.5 Å². The summed E-state index contributed by atoms with van der Waals surface area (Å²) in [6, 6.07) is 0. The zero-order valence-corrected chi connectivity index (χ0v) is 13.1. The normalized spacial score (nSPS) is 14.9. The van der Waals surface area contributed by atoms with Crippen LogP contribution in [0.25, 0.3) is 0 Å². The van der Waals surface area contributed by atoms with Crippen LogP contribution in [-0.4, -0.2) is 16.9 Å². The molecule has 1 aliphatic carbocycles. The van der Waals surface area contributed by atoms with Crippen molar-refractivity contribution in [1.82, 2.24) is 0 Å². The van der Waals surface area contributed by atoms with Crippen LogP contribution in [-0.2, 0) is 9.59 Å². The number of unbranched alkanes of at least 4 members (excludes halogenated alkanes) is 7. The molecule has 0 amide bonds. The van der Waals surface area contributed by atoms with Gasteiger partial charge in [-0.2, -0.15) is 0 Å². The van der Waals surface area contributed by atoms with Gasteiger partial charge in [0.15, 0.2) is 11.6 Å². The molecular weight excluding hydrogens is 304 g/mol. The van der Waals surface area contributed by atoms with Gasteiger partial charge in [0, 0.05) is 10.9 Å². The minimum absolute atomic E-state index is 0.00868. The smallest absolute Gasteiger partial charge is 0.182 e. The van der Waals surface area contributed by atoms with Crippen LogP contribution in [0.2, 0.25) is 0 Å². The molecule has 3 heteroatoms. The monoisotopic (exact) mass is 326 g/mol. The summed E-state index contributed by atoms with van der Waals surface area (Å²) in [7, 11) is 0. The predicted octanol–water partition coefficient (Wildman–Crippen LogP) is 4.53. The van der Waals surface area contributed by atoms with E-state index in [1.54, 1.807) is 0 Å². The summed E-state index contributed by atoms with van der Waals surface area (Å²) in [5, 5.41) is 1.11. The van der Waals surface area contributed by atoms with E-state index < -0.39 is 0 Å². The molecule has 0 unspecified atom stereocenters. The SMILES string of the molecule is O=C1C=CC(=O)C(CCCCCCCCCCBr)=C1. The lowest BCUT2D eigenvalue weighted by Gasteiger charge is -2.06. The largest absolute Gasteiger partial charge is 0.290 e. The highest BCUT2D eigenvalue weighted by Crippen LogP contribution is 2.16. The Morgan fingerprint density at radius 1 is 0.789 bits per heavy atom. The van der Waals surface area contributed by atoms with Gasteiger partial charge in [0.25, 0.3) is 0 Å². The third-order valence-corrected chi connectivity index (χ3v) is 3.92. The van der Waals surface area contributed by atoms with Crippen LogP contribution in [0, 0.1) is 0 Å². The Kier molecular flexibility index (Phi) is 8.72. The Morgan fingerprint density at radius 2 is 1.37 bits per heavy atom. The van der Waals surface area contributed by atoms with Crippen LogP contribution in [0.4, 0.5) is 0 Å². The van der Waals surface area contributed by atoms with Gasteiger partial charge in [0.05, 0.1) is 0 Å². The van der Waals surface area contributed by atoms with Crippen LogP contribution in [0.5, 0.6) is 0 Å². The lowest BCUT2D eigenvalue weighted by molar-refractivity contribution is -0.114. The fourth-order valence-corrected chi connectivity index (χ4v) is 2.62. The summed E-state index contributed by atoms with van der Waals surface area (Å²) >= 11 is 3.44. The van der Waals surface area contributed by atoms with Gasteiger partial charge < -0.3 is 0 Å². The highest BCUT2D eigenvalue weighted by Gasteiger charge is 2.12. The summed E-state index contributed by atoms with van der Waals surface area (Å²) in [6.07, 6.45) is 14.9. The van der Waals surface area contributed by atoms with E-state index in [9.17, 15) is 9.59 Å². The lowest BCUT2D eigenvalue weighted by Crippen LogP contribution is -2.07. The number of carbonyl (C=O) groups excluding carboxylic acids is 2. The lowest BCUT2D eigenvalue weighted by atomic mass is 9.97. The Balaban J connectivity index is 1.99. The molecule has 0 bridgehead atoms. The molecular formula is C16H23BrO2. The van der Waals surface area contributed by atoms with E-state index in [4.69, 9.17) is 0 Å². The first-order chi connectivity index (χ1) is 9.24. The van der Waals surface area contributed by atoms with Crippen molar-refractivity contribution in [3.8, 4) is 0 Å². The standard InChI is InChI=1S/C16H23BrO2/c17-12-8-6-4-2-1-3-5-7-9-14-13-15(18)10-11-16(14)19/h10-11,13H,1-9,12H2. The average Bonchev–Trinajstić information content (AvgIpc) is 2.40. The van der Waals surface area contributed by atoms with E-state index in [2.05, 4.69) is 15.9 Å². The van der Waals surface area contributed by atoms with Gasteiger partial charge in [-0.3, -0.25) is 9.59 Å². The minimum Gasteiger partial charge on any atom is -0.290 e. The molecule has 0 aromatic rings. The van der Waals surface area contributed by atoms with Gasteiger partial charge in [0.2, 0.25) is 0 Å². The van der Waals surface area contributed by atoms with Crippen molar-refractivity contribution in [1.29, 1.82) is 0 Å². The fraction of sp³-hybridized carbons (Fsp3) is 0.625. The van der Waals surface area contributed by atoms with Crippen molar-refractivity contribution in [2.24, 2.45) is 0 Å².